The molecule has 0 rings (SSSR count). The second-order valence-corrected chi connectivity index (χ2v) is 1.56. The fourth-order valence-electron chi connectivity index (χ4n) is 0.394. The van der Waals surface area contributed by atoms with Crippen molar-refractivity contribution in [3.05, 3.63) is 37.1 Å². The summed E-state index contributed by atoms with van der Waals surface area (Å²) in [5.41, 5.74) is 0. The van der Waals surface area contributed by atoms with Crippen LogP contribution in [0.3, 0.4) is 0 Å². The maximum Gasteiger partial charge on any atom is 0.573 e. The molecule has 0 N–H and O–H groups in total. The summed E-state index contributed by atoms with van der Waals surface area (Å²) in [7, 11) is 0. The molecule has 0 aliphatic heterocycles. The molecule has 0 atom stereocenters. The molecule has 0 aromatic rings. The normalized spacial score (nSPS) is 11.0. The van der Waals surface area contributed by atoms with Gasteiger partial charge in [0.2, 0.25) is 0 Å². The van der Waals surface area contributed by atoms with Crippen LogP contribution in [0.5, 0.6) is 0 Å². The number of rotatable bonds is 3. The van der Waals surface area contributed by atoms with E-state index in [0.29, 0.717) is 0 Å². The average Bonchev–Trinajstić information content (AvgIpc) is 2.05. The molecule has 0 radical (unpaired) electrons. The minimum absolute atomic E-state index is 0.368. The Morgan fingerprint density at radius 2 is 1.69 bits per heavy atom. The minimum atomic E-state index is -4.66. The highest BCUT2D eigenvalue weighted by atomic mass is 19.4. The zero-order chi connectivity index (χ0) is 10.9. The second-order valence-electron chi connectivity index (χ2n) is 1.56. The molecule has 0 spiro atoms. The fourth-order valence-corrected chi connectivity index (χ4v) is 0.394. The van der Waals surface area contributed by atoms with Gasteiger partial charge in [-0.2, -0.15) is 0 Å². The molecule has 1 nitrogen and oxygen atoms in total. The highest BCUT2D eigenvalue weighted by Crippen LogP contribution is 2.20. The topological polar surface area (TPSA) is 9.23 Å². The van der Waals surface area contributed by atoms with Gasteiger partial charge in [-0.25, -0.2) is 0 Å². The third kappa shape index (κ3) is 10.8. The summed E-state index contributed by atoms with van der Waals surface area (Å²) in [4.78, 5) is 0. The van der Waals surface area contributed by atoms with E-state index < -0.39 is 6.36 Å². The average molecular weight is 194 g/mol. The van der Waals surface area contributed by atoms with Gasteiger partial charge in [-0.05, 0) is 12.2 Å². The maximum atomic E-state index is 11.5. The summed E-state index contributed by atoms with van der Waals surface area (Å²) in [6.45, 7) is 10.3. The minimum Gasteiger partial charge on any atom is -0.406 e. The first-order valence-electron chi connectivity index (χ1n) is 3.70. The first-order valence-corrected chi connectivity index (χ1v) is 3.70. The van der Waals surface area contributed by atoms with Gasteiger partial charge in [0.15, 0.2) is 0 Å². The van der Waals surface area contributed by atoms with Crippen molar-refractivity contribution in [2.75, 3.05) is 0 Å². The quantitative estimate of drug-likeness (QED) is 0.490. The summed E-state index contributed by atoms with van der Waals surface area (Å²) in [6.07, 6.45) is -1.46. The lowest BCUT2D eigenvalue weighted by atomic mass is 10.4. The van der Waals surface area contributed by atoms with Crippen LogP contribution in [0.4, 0.5) is 13.2 Å². The molecular formula is C9H13F3O. The van der Waals surface area contributed by atoms with E-state index in [1.807, 2.05) is 13.8 Å². The summed E-state index contributed by atoms with van der Waals surface area (Å²) in [5, 5.41) is 0. The van der Waals surface area contributed by atoms with E-state index in [9.17, 15) is 13.2 Å². The van der Waals surface area contributed by atoms with Crippen molar-refractivity contribution >= 4 is 0 Å². The Morgan fingerprint density at radius 3 is 1.92 bits per heavy atom. The fraction of sp³-hybridized carbons (Fsp3) is 0.333. The SMILES string of the molecule is C=C/C=C(\C=C)OC(F)(F)F.CC. The zero-order valence-electron chi connectivity index (χ0n) is 7.69. The van der Waals surface area contributed by atoms with E-state index in [2.05, 4.69) is 17.9 Å². The van der Waals surface area contributed by atoms with Crippen molar-refractivity contribution in [1.29, 1.82) is 0 Å². The molecule has 0 heterocycles. The lowest BCUT2D eigenvalue weighted by molar-refractivity contribution is -0.303. The van der Waals surface area contributed by atoms with Gasteiger partial charge in [0.25, 0.3) is 0 Å². The van der Waals surface area contributed by atoms with Gasteiger partial charge in [-0.3, -0.25) is 0 Å². The number of hydrogen-bond acceptors (Lipinski definition) is 1. The Hall–Kier alpha value is -1.19. The molecule has 0 bridgehead atoms. The summed E-state index contributed by atoms with van der Waals surface area (Å²) >= 11 is 0. The number of alkyl halides is 3. The van der Waals surface area contributed by atoms with E-state index in [4.69, 9.17) is 0 Å². The van der Waals surface area contributed by atoms with E-state index >= 15 is 0 Å². The molecule has 0 aliphatic rings. The van der Waals surface area contributed by atoms with Crippen molar-refractivity contribution in [2.45, 2.75) is 20.2 Å². The van der Waals surface area contributed by atoms with Crippen LogP contribution in [0.15, 0.2) is 37.1 Å². The number of allylic oxidation sites excluding steroid dienone is 3. The van der Waals surface area contributed by atoms with Crippen molar-refractivity contribution in [1.82, 2.24) is 0 Å². The molecule has 0 aromatic heterocycles. The highest BCUT2D eigenvalue weighted by molar-refractivity contribution is 5.14. The van der Waals surface area contributed by atoms with Gasteiger partial charge in [0, 0.05) is 0 Å². The monoisotopic (exact) mass is 194 g/mol. The van der Waals surface area contributed by atoms with Crippen molar-refractivity contribution in [2.24, 2.45) is 0 Å². The van der Waals surface area contributed by atoms with Crippen LogP contribution in [-0.2, 0) is 4.74 Å². The molecule has 13 heavy (non-hydrogen) atoms. The molecule has 0 amide bonds. The highest BCUT2D eigenvalue weighted by Gasteiger charge is 2.31. The van der Waals surface area contributed by atoms with Crippen LogP contribution in [0.25, 0.3) is 0 Å². The first kappa shape index (κ1) is 14.3. The number of ether oxygens (including phenoxy) is 1. The molecule has 0 aromatic carbocycles. The van der Waals surface area contributed by atoms with Gasteiger partial charge in [-0.15, -0.1) is 13.2 Å². The molecule has 76 valence electrons. The lowest BCUT2D eigenvalue weighted by Gasteiger charge is -2.07. The summed E-state index contributed by atoms with van der Waals surface area (Å²) in [6, 6.07) is 0. The summed E-state index contributed by atoms with van der Waals surface area (Å²) in [5.74, 6) is -0.368. The number of hydrogen-bond donors (Lipinski definition) is 0. The van der Waals surface area contributed by atoms with Crippen LogP contribution in [0.2, 0.25) is 0 Å². The van der Waals surface area contributed by atoms with Gasteiger partial charge in [0.05, 0.1) is 0 Å². The van der Waals surface area contributed by atoms with Gasteiger partial charge < -0.3 is 4.74 Å². The molecule has 4 heteroatoms. The molecular weight excluding hydrogens is 181 g/mol. The van der Waals surface area contributed by atoms with Crippen LogP contribution < -0.4 is 0 Å². The van der Waals surface area contributed by atoms with E-state index in [0.717, 1.165) is 12.2 Å². The van der Waals surface area contributed by atoms with Crippen molar-refractivity contribution in [3.63, 3.8) is 0 Å². The van der Waals surface area contributed by atoms with E-state index in [-0.39, 0.29) is 5.76 Å². The molecule has 0 saturated carbocycles. The molecule has 0 aliphatic carbocycles. The van der Waals surface area contributed by atoms with Crippen LogP contribution in [-0.4, -0.2) is 6.36 Å². The Morgan fingerprint density at radius 1 is 1.23 bits per heavy atom. The molecule has 0 saturated heterocycles. The predicted octanol–water partition coefficient (Wildman–Crippen LogP) is 3.80. The predicted molar refractivity (Wildman–Crippen MR) is 47.0 cm³/mol. The van der Waals surface area contributed by atoms with E-state index in [1.54, 1.807) is 0 Å². The Kier molecular flexibility index (Phi) is 8.23. The second kappa shape index (κ2) is 7.46. The van der Waals surface area contributed by atoms with Crippen LogP contribution in [0.1, 0.15) is 13.8 Å². The molecule has 0 unspecified atom stereocenters. The third-order valence-electron chi connectivity index (χ3n) is 0.717. The third-order valence-corrected chi connectivity index (χ3v) is 0.717. The molecule has 0 fully saturated rings. The standard InChI is InChI=1S/C7H7F3O.C2H6/c1-3-5-6(4-2)11-7(8,9)10;1-2/h3-5H,1-2H2;1-2H3/b6-5+;. The van der Waals surface area contributed by atoms with Crippen LogP contribution in [0, 0.1) is 0 Å². The zero-order valence-corrected chi connectivity index (χ0v) is 7.69. The Balaban J connectivity index is 0. The van der Waals surface area contributed by atoms with E-state index in [1.165, 1.54) is 6.08 Å². The number of halogens is 3. The lowest BCUT2D eigenvalue weighted by Crippen LogP contribution is -2.11. The maximum absolute atomic E-state index is 11.5. The smallest absolute Gasteiger partial charge is 0.406 e. The van der Waals surface area contributed by atoms with Gasteiger partial charge in [-0.1, -0.05) is 33.1 Å². The van der Waals surface area contributed by atoms with Crippen LogP contribution >= 0.6 is 0 Å². The largest absolute Gasteiger partial charge is 0.573 e. The Labute approximate surface area is 76.2 Å². The van der Waals surface area contributed by atoms with Gasteiger partial charge >= 0.3 is 6.36 Å². The first-order chi connectivity index (χ1) is 5.99. The summed E-state index contributed by atoms with van der Waals surface area (Å²) < 4.78 is 37.9. The van der Waals surface area contributed by atoms with Crippen molar-refractivity contribution < 1.29 is 17.9 Å². The Bertz CT molecular complexity index is 180. The van der Waals surface area contributed by atoms with Gasteiger partial charge in [0.1, 0.15) is 5.76 Å². The van der Waals surface area contributed by atoms with Crippen molar-refractivity contribution in [3.8, 4) is 0 Å².